The van der Waals surface area contributed by atoms with Gasteiger partial charge >= 0.3 is 5.97 Å². The van der Waals surface area contributed by atoms with Gasteiger partial charge < -0.3 is 18.6 Å². The minimum absolute atomic E-state index is 0.167. The van der Waals surface area contributed by atoms with Crippen molar-refractivity contribution in [3.05, 3.63) is 101 Å². The van der Waals surface area contributed by atoms with Gasteiger partial charge in [-0.05, 0) is 57.2 Å². The summed E-state index contributed by atoms with van der Waals surface area (Å²) in [7, 11) is 1.54. The van der Waals surface area contributed by atoms with E-state index < -0.39 is 12.0 Å². The van der Waals surface area contributed by atoms with Crippen LogP contribution in [-0.2, 0) is 9.53 Å². The molecule has 0 amide bonds. The van der Waals surface area contributed by atoms with E-state index in [1.165, 1.54) is 23.0 Å². The van der Waals surface area contributed by atoms with Gasteiger partial charge in [0.15, 0.2) is 16.3 Å². The van der Waals surface area contributed by atoms with E-state index in [4.69, 9.17) is 41.8 Å². The van der Waals surface area contributed by atoms with Gasteiger partial charge in [-0.1, -0.05) is 46.7 Å². The van der Waals surface area contributed by atoms with Crippen LogP contribution in [0.15, 0.2) is 74.0 Å². The lowest BCUT2D eigenvalue weighted by atomic mass is 9.94. The van der Waals surface area contributed by atoms with Gasteiger partial charge in [-0.25, -0.2) is 9.79 Å². The second-order valence-electron chi connectivity index (χ2n) is 8.94. The predicted molar refractivity (Wildman–Crippen MR) is 159 cm³/mol. The maximum absolute atomic E-state index is 14.0. The molecule has 8 nitrogen and oxygen atoms in total. The SMILES string of the molecule is CCOC(=O)C1=C(C)N=c2s/c(=C\c3ccc(-c4cc(Cl)ccc4Cl)o3)c(=O)n2[C@H]1c1cccc(OC)c1OCC. The number of nitrogens with zero attached hydrogens (tertiary/aromatic N) is 2. The first kappa shape index (κ1) is 28.7. The summed E-state index contributed by atoms with van der Waals surface area (Å²) in [6.07, 6.45) is 1.64. The lowest BCUT2D eigenvalue weighted by molar-refractivity contribution is -0.139. The molecular formula is C30H26Cl2N2O6S. The molecule has 0 radical (unpaired) electrons. The average Bonchev–Trinajstić information content (AvgIpc) is 3.53. The summed E-state index contributed by atoms with van der Waals surface area (Å²) in [6, 6.07) is 13.1. The van der Waals surface area contributed by atoms with Crippen molar-refractivity contribution in [2.75, 3.05) is 20.3 Å². The summed E-state index contributed by atoms with van der Waals surface area (Å²) in [5, 5.41) is 1.01. The zero-order valence-electron chi connectivity index (χ0n) is 22.7. The molecule has 0 saturated heterocycles. The van der Waals surface area contributed by atoms with Crippen LogP contribution < -0.4 is 24.4 Å². The van der Waals surface area contributed by atoms with Gasteiger partial charge in [-0.3, -0.25) is 9.36 Å². The predicted octanol–water partition coefficient (Wildman–Crippen LogP) is 5.77. The summed E-state index contributed by atoms with van der Waals surface area (Å²) in [5.74, 6) is 1.30. The Morgan fingerprint density at radius 3 is 2.68 bits per heavy atom. The lowest BCUT2D eigenvalue weighted by Gasteiger charge is -2.26. The van der Waals surface area contributed by atoms with E-state index in [9.17, 15) is 9.59 Å². The number of hydrogen-bond acceptors (Lipinski definition) is 8. The van der Waals surface area contributed by atoms with Crippen LogP contribution in [0.5, 0.6) is 11.5 Å². The molecule has 1 aliphatic heterocycles. The van der Waals surface area contributed by atoms with Crippen molar-refractivity contribution < 1.29 is 23.4 Å². The van der Waals surface area contributed by atoms with Crippen molar-refractivity contribution in [1.82, 2.24) is 4.57 Å². The van der Waals surface area contributed by atoms with E-state index in [2.05, 4.69) is 4.99 Å². The number of thiazole rings is 1. The minimum Gasteiger partial charge on any atom is -0.493 e. The minimum atomic E-state index is -0.860. The molecule has 4 aromatic rings. The number of halogens is 2. The van der Waals surface area contributed by atoms with Crippen LogP contribution in [0.25, 0.3) is 17.4 Å². The van der Waals surface area contributed by atoms with Gasteiger partial charge in [0.2, 0.25) is 0 Å². The van der Waals surface area contributed by atoms with Crippen LogP contribution in [0, 0.1) is 0 Å². The van der Waals surface area contributed by atoms with Crippen LogP contribution in [0.1, 0.15) is 38.1 Å². The van der Waals surface area contributed by atoms with Crippen molar-refractivity contribution in [3.8, 4) is 22.8 Å². The number of benzene rings is 2. The number of furan rings is 1. The number of aromatic nitrogens is 1. The Bertz CT molecular complexity index is 1850. The summed E-state index contributed by atoms with van der Waals surface area (Å²) >= 11 is 13.7. The number of carbonyl (C=O) groups is 1. The van der Waals surface area contributed by atoms with Gasteiger partial charge in [0.05, 0.1) is 41.1 Å². The molecule has 11 heteroatoms. The van der Waals surface area contributed by atoms with Gasteiger partial charge in [0, 0.05) is 22.2 Å². The average molecular weight is 614 g/mol. The fourth-order valence-corrected chi connectivity index (χ4v) is 6.09. The molecule has 0 aliphatic carbocycles. The molecule has 0 unspecified atom stereocenters. The molecule has 5 rings (SSSR count). The Labute approximate surface area is 249 Å². The van der Waals surface area contributed by atoms with E-state index >= 15 is 0 Å². The third-order valence-corrected chi connectivity index (χ3v) is 7.97. The van der Waals surface area contributed by atoms with Crippen molar-refractivity contribution >= 4 is 46.6 Å². The second-order valence-corrected chi connectivity index (χ2v) is 10.8. The Balaban J connectivity index is 1.70. The third-order valence-electron chi connectivity index (χ3n) is 6.42. The maximum Gasteiger partial charge on any atom is 0.338 e. The largest absolute Gasteiger partial charge is 0.493 e. The van der Waals surface area contributed by atoms with Crippen LogP contribution in [0.4, 0.5) is 0 Å². The Hall–Kier alpha value is -3.79. The van der Waals surface area contributed by atoms with E-state index in [1.807, 2.05) is 6.92 Å². The van der Waals surface area contributed by atoms with Crippen molar-refractivity contribution in [2.45, 2.75) is 26.8 Å². The summed E-state index contributed by atoms with van der Waals surface area (Å²) in [6.45, 7) is 5.82. The number of fused-ring (bicyclic) bond motifs is 1. The number of carbonyl (C=O) groups excluding carboxylic acids is 1. The molecule has 1 aliphatic rings. The zero-order chi connectivity index (χ0) is 29.3. The van der Waals surface area contributed by atoms with Crippen molar-refractivity contribution in [2.24, 2.45) is 4.99 Å². The first-order chi connectivity index (χ1) is 19.8. The molecule has 0 bridgehead atoms. The van der Waals surface area contributed by atoms with E-state index in [1.54, 1.807) is 68.5 Å². The number of methoxy groups -OCH3 is 1. The van der Waals surface area contributed by atoms with E-state index in [0.29, 0.717) is 65.8 Å². The van der Waals surface area contributed by atoms with Crippen LogP contribution >= 0.6 is 34.5 Å². The van der Waals surface area contributed by atoms with Gasteiger partial charge in [0.1, 0.15) is 17.6 Å². The molecule has 1 atom stereocenters. The number of hydrogen-bond donors (Lipinski definition) is 0. The molecule has 0 fully saturated rings. The first-order valence-electron chi connectivity index (χ1n) is 12.8. The number of esters is 1. The smallest absolute Gasteiger partial charge is 0.338 e. The maximum atomic E-state index is 14.0. The number of ether oxygens (including phenoxy) is 3. The second kappa shape index (κ2) is 12.0. The van der Waals surface area contributed by atoms with Crippen molar-refractivity contribution in [1.29, 1.82) is 0 Å². The molecule has 0 saturated carbocycles. The van der Waals surface area contributed by atoms with Gasteiger partial charge in [0.25, 0.3) is 5.56 Å². The fraction of sp³-hybridized carbons (Fsp3) is 0.233. The van der Waals surface area contributed by atoms with E-state index in [-0.39, 0.29) is 17.7 Å². The first-order valence-corrected chi connectivity index (χ1v) is 14.4. The van der Waals surface area contributed by atoms with Crippen molar-refractivity contribution in [3.63, 3.8) is 0 Å². The zero-order valence-corrected chi connectivity index (χ0v) is 25.0. The quantitative estimate of drug-likeness (QED) is 0.234. The van der Waals surface area contributed by atoms with Gasteiger partial charge in [-0.15, -0.1) is 0 Å². The fourth-order valence-electron chi connectivity index (χ4n) is 4.68. The summed E-state index contributed by atoms with van der Waals surface area (Å²) in [4.78, 5) is 32.3. The standard InChI is InChI=1S/C30H26Cl2N2O6S/c1-5-38-27-19(8-7-9-23(27)37-4)26-25(29(36)39-6-2)16(3)33-30-34(26)28(35)24(41-30)15-18-11-13-22(40-18)20-14-17(31)10-12-21(20)32/h7-15,26H,5-6H2,1-4H3/b24-15-/t26-/m0/s1. The summed E-state index contributed by atoms with van der Waals surface area (Å²) in [5.41, 5.74) is 1.55. The van der Waals surface area contributed by atoms with Gasteiger partial charge in [-0.2, -0.15) is 0 Å². The Kier molecular flexibility index (Phi) is 8.40. The topological polar surface area (TPSA) is 92.3 Å². The highest BCUT2D eigenvalue weighted by Crippen LogP contribution is 2.41. The highest BCUT2D eigenvalue weighted by Gasteiger charge is 2.36. The number of allylic oxidation sites excluding steroid dienone is 1. The highest BCUT2D eigenvalue weighted by atomic mass is 35.5. The molecule has 0 spiro atoms. The van der Waals surface area contributed by atoms with E-state index in [0.717, 1.165) is 0 Å². The molecule has 212 valence electrons. The monoisotopic (exact) mass is 612 g/mol. The Morgan fingerprint density at radius 1 is 1.15 bits per heavy atom. The molecular weight excluding hydrogens is 587 g/mol. The number of para-hydroxylation sites is 1. The Morgan fingerprint density at radius 2 is 1.95 bits per heavy atom. The third kappa shape index (κ3) is 5.45. The van der Waals surface area contributed by atoms with Crippen LogP contribution in [-0.4, -0.2) is 30.9 Å². The molecule has 41 heavy (non-hydrogen) atoms. The normalized spacial score (nSPS) is 15.0. The highest BCUT2D eigenvalue weighted by molar-refractivity contribution is 7.07. The molecule has 2 aromatic heterocycles. The number of rotatable bonds is 8. The van der Waals surface area contributed by atoms with Crippen LogP contribution in [0.2, 0.25) is 10.0 Å². The van der Waals surface area contributed by atoms with Crippen LogP contribution in [0.3, 0.4) is 0 Å². The summed E-state index contributed by atoms with van der Waals surface area (Å²) < 4.78 is 24.8. The molecule has 2 aromatic carbocycles. The molecule has 3 heterocycles. The molecule has 0 N–H and O–H groups in total. The lowest BCUT2D eigenvalue weighted by Crippen LogP contribution is -2.40.